The van der Waals surface area contributed by atoms with E-state index < -0.39 is 5.78 Å². The van der Waals surface area contributed by atoms with Gasteiger partial charge in [-0.05, 0) is 12.5 Å². The molecule has 5 heteroatoms. The lowest BCUT2D eigenvalue weighted by Crippen LogP contribution is -2.16. The van der Waals surface area contributed by atoms with Gasteiger partial charge in [0.1, 0.15) is 5.69 Å². The Bertz CT molecular complexity index is 534. The topological polar surface area (TPSA) is 64.8 Å². The van der Waals surface area contributed by atoms with Crippen molar-refractivity contribution in [3.05, 3.63) is 47.8 Å². The summed E-state index contributed by atoms with van der Waals surface area (Å²) < 4.78 is 1.45. The van der Waals surface area contributed by atoms with E-state index in [1.807, 2.05) is 37.3 Å². The van der Waals surface area contributed by atoms with Crippen LogP contribution in [0, 0.1) is 0 Å². The minimum Gasteiger partial charge on any atom is -0.294 e. The summed E-state index contributed by atoms with van der Waals surface area (Å²) in [5, 5.41) is 7.52. The molecule has 0 radical (unpaired) electrons. The molecule has 2 rings (SSSR count). The maximum absolute atomic E-state index is 11.4. The first kappa shape index (κ1) is 11.2. The molecule has 0 spiro atoms. The molecule has 1 atom stereocenters. The highest BCUT2D eigenvalue weighted by Gasteiger charge is 2.17. The summed E-state index contributed by atoms with van der Waals surface area (Å²) in [7, 11) is 0. The SMILES string of the molecule is C[C@H](c1ccccc1)n1nncc1C(=O)C=O. The Hall–Kier alpha value is -2.30. The first-order valence-corrected chi connectivity index (χ1v) is 5.18. The lowest BCUT2D eigenvalue weighted by molar-refractivity contribution is -0.104. The lowest BCUT2D eigenvalue weighted by atomic mass is 10.1. The van der Waals surface area contributed by atoms with Crippen LogP contribution in [0.2, 0.25) is 0 Å². The number of carbonyl (C=O) groups excluding carboxylic acids is 2. The molecule has 0 amide bonds. The number of aromatic nitrogens is 3. The minimum absolute atomic E-state index is 0.141. The molecule has 5 nitrogen and oxygen atoms in total. The van der Waals surface area contributed by atoms with Gasteiger partial charge in [0.05, 0.1) is 12.2 Å². The molecule has 0 saturated carbocycles. The number of hydrogen-bond donors (Lipinski definition) is 0. The van der Waals surface area contributed by atoms with Crippen LogP contribution in [-0.4, -0.2) is 27.1 Å². The van der Waals surface area contributed by atoms with Gasteiger partial charge in [-0.1, -0.05) is 35.5 Å². The van der Waals surface area contributed by atoms with Crippen LogP contribution in [-0.2, 0) is 4.79 Å². The summed E-state index contributed by atoms with van der Waals surface area (Å²) in [6.45, 7) is 1.89. The molecule has 1 heterocycles. The Balaban J connectivity index is 2.38. The van der Waals surface area contributed by atoms with Crippen molar-refractivity contribution >= 4 is 12.1 Å². The fraction of sp³-hybridized carbons (Fsp3) is 0.167. The second-order valence-corrected chi connectivity index (χ2v) is 3.63. The molecular weight excluding hydrogens is 218 g/mol. The van der Waals surface area contributed by atoms with Crippen molar-refractivity contribution in [2.24, 2.45) is 0 Å². The van der Waals surface area contributed by atoms with E-state index in [0.29, 0.717) is 0 Å². The Morgan fingerprint density at radius 3 is 2.71 bits per heavy atom. The number of benzene rings is 1. The summed E-state index contributed by atoms with van der Waals surface area (Å²) in [4.78, 5) is 21.9. The average Bonchev–Trinajstić information content (AvgIpc) is 2.87. The predicted molar refractivity (Wildman–Crippen MR) is 60.7 cm³/mol. The van der Waals surface area contributed by atoms with Gasteiger partial charge in [-0.25, -0.2) is 4.68 Å². The molecule has 0 saturated heterocycles. The summed E-state index contributed by atoms with van der Waals surface area (Å²) in [6.07, 6.45) is 1.57. The van der Waals surface area contributed by atoms with Crippen LogP contribution in [0.3, 0.4) is 0 Å². The van der Waals surface area contributed by atoms with Gasteiger partial charge in [-0.2, -0.15) is 0 Å². The van der Waals surface area contributed by atoms with Crippen molar-refractivity contribution in [1.82, 2.24) is 15.0 Å². The summed E-state index contributed by atoms with van der Waals surface area (Å²) in [5.74, 6) is -0.613. The first-order valence-electron chi connectivity index (χ1n) is 5.18. The molecule has 1 aromatic heterocycles. The first-order chi connectivity index (χ1) is 8.24. The summed E-state index contributed by atoms with van der Waals surface area (Å²) in [6, 6.07) is 9.45. The molecule has 0 aliphatic carbocycles. The van der Waals surface area contributed by atoms with E-state index in [0.717, 1.165) is 5.56 Å². The molecule has 0 unspecified atom stereocenters. The van der Waals surface area contributed by atoms with E-state index in [-0.39, 0.29) is 18.0 Å². The third kappa shape index (κ3) is 2.13. The van der Waals surface area contributed by atoms with Crippen molar-refractivity contribution in [1.29, 1.82) is 0 Å². The van der Waals surface area contributed by atoms with Gasteiger partial charge in [-0.15, -0.1) is 5.10 Å². The number of nitrogens with zero attached hydrogens (tertiary/aromatic N) is 3. The lowest BCUT2D eigenvalue weighted by Gasteiger charge is -2.13. The van der Waals surface area contributed by atoms with E-state index in [4.69, 9.17) is 0 Å². The third-order valence-corrected chi connectivity index (χ3v) is 2.58. The monoisotopic (exact) mass is 229 g/mol. The molecule has 2 aromatic rings. The van der Waals surface area contributed by atoms with Crippen molar-refractivity contribution in [3.8, 4) is 0 Å². The van der Waals surface area contributed by atoms with Gasteiger partial charge < -0.3 is 0 Å². The zero-order valence-electron chi connectivity index (χ0n) is 9.28. The number of Topliss-reactive ketones (excluding diaryl/α,β-unsaturated/α-hetero) is 1. The van der Waals surface area contributed by atoms with E-state index in [1.165, 1.54) is 10.9 Å². The quantitative estimate of drug-likeness (QED) is 0.450. The smallest absolute Gasteiger partial charge is 0.245 e. The summed E-state index contributed by atoms with van der Waals surface area (Å²) >= 11 is 0. The van der Waals surface area contributed by atoms with Crippen molar-refractivity contribution in [2.45, 2.75) is 13.0 Å². The summed E-state index contributed by atoms with van der Waals surface area (Å²) in [5.41, 5.74) is 1.20. The largest absolute Gasteiger partial charge is 0.294 e. The normalized spacial score (nSPS) is 12.1. The zero-order valence-corrected chi connectivity index (χ0v) is 9.28. The van der Waals surface area contributed by atoms with Crippen LogP contribution in [0.5, 0.6) is 0 Å². The van der Waals surface area contributed by atoms with E-state index in [1.54, 1.807) is 0 Å². The van der Waals surface area contributed by atoms with Crippen LogP contribution in [0.25, 0.3) is 0 Å². The standard InChI is InChI=1S/C12H11N3O2/c1-9(10-5-3-2-4-6-10)15-11(7-13-14-15)12(17)8-16/h2-9H,1H3/t9-/m1/s1. The highest BCUT2D eigenvalue weighted by Crippen LogP contribution is 2.17. The van der Waals surface area contributed by atoms with Gasteiger partial charge in [0, 0.05) is 0 Å². The number of aldehydes is 1. The number of hydrogen-bond acceptors (Lipinski definition) is 4. The van der Waals surface area contributed by atoms with Gasteiger partial charge in [-0.3, -0.25) is 9.59 Å². The predicted octanol–water partition coefficient (Wildman–Crippen LogP) is 1.27. The maximum atomic E-state index is 11.4. The van der Waals surface area contributed by atoms with Gasteiger partial charge >= 0.3 is 0 Å². The second kappa shape index (κ2) is 4.69. The molecule has 0 N–H and O–H groups in total. The molecule has 0 aliphatic rings. The molecule has 0 aliphatic heterocycles. The fourth-order valence-electron chi connectivity index (χ4n) is 1.64. The molecule has 86 valence electrons. The van der Waals surface area contributed by atoms with Gasteiger partial charge in [0.25, 0.3) is 0 Å². The van der Waals surface area contributed by atoms with E-state index >= 15 is 0 Å². The molecule has 1 aromatic carbocycles. The van der Waals surface area contributed by atoms with Gasteiger partial charge in [0.15, 0.2) is 6.29 Å². The second-order valence-electron chi connectivity index (χ2n) is 3.63. The van der Waals surface area contributed by atoms with Crippen molar-refractivity contribution < 1.29 is 9.59 Å². The highest BCUT2D eigenvalue weighted by atomic mass is 16.2. The van der Waals surface area contributed by atoms with Crippen LogP contribution >= 0.6 is 0 Å². The number of ketones is 1. The van der Waals surface area contributed by atoms with Crippen LogP contribution in [0.4, 0.5) is 0 Å². The Kier molecular flexibility index (Phi) is 3.09. The molecule has 0 bridgehead atoms. The average molecular weight is 229 g/mol. The Morgan fingerprint density at radius 2 is 2.06 bits per heavy atom. The van der Waals surface area contributed by atoms with Gasteiger partial charge in [0.2, 0.25) is 5.78 Å². The number of carbonyl (C=O) groups is 2. The van der Waals surface area contributed by atoms with E-state index in [9.17, 15) is 9.59 Å². The zero-order chi connectivity index (χ0) is 12.3. The van der Waals surface area contributed by atoms with E-state index in [2.05, 4.69) is 10.3 Å². The Morgan fingerprint density at radius 1 is 1.35 bits per heavy atom. The maximum Gasteiger partial charge on any atom is 0.245 e. The van der Waals surface area contributed by atoms with Crippen LogP contribution in [0.15, 0.2) is 36.5 Å². The third-order valence-electron chi connectivity index (χ3n) is 2.58. The molecule has 0 fully saturated rings. The molecule has 17 heavy (non-hydrogen) atoms. The highest BCUT2D eigenvalue weighted by molar-refractivity contribution is 6.32. The minimum atomic E-state index is -0.613. The van der Waals surface area contributed by atoms with Crippen LogP contribution in [0.1, 0.15) is 29.0 Å². The van der Waals surface area contributed by atoms with Crippen molar-refractivity contribution in [2.75, 3.05) is 0 Å². The fourth-order valence-corrected chi connectivity index (χ4v) is 1.64. The van der Waals surface area contributed by atoms with Crippen LogP contribution < -0.4 is 0 Å². The Labute approximate surface area is 98.1 Å². The van der Waals surface area contributed by atoms with Crippen molar-refractivity contribution in [3.63, 3.8) is 0 Å². The molecular formula is C12H11N3O2. The number of rotatable bonds is 4.